The number of benzene rings is 2. The standard InChI is InChI=1S/C22H28N4O6S/c1-2-15-6-3-4-7-19(15)33(30,31)26-18(22(28)29)14-25-20(27)8-5-13-32-17-11-9-16(10-12-17)21(23)24/h3-4,6-7,9-12,18,26H,2,5,8,13-14H2,1H3,(H3,23,24)(H,25,27)(H,28,29). The number of hydrogen-bond donors (Lipinski definition) is 5. The number of amidine groups is 1. The summed E-state index contributed by atoms with van der Waals surface area (Å²) in [5.41, 5.74) is 6.52. The molecule has 0 saturated carbocycles. The van der Waals surface area contributed by atoms with Crippen molar-refractivity contribution in [2.75, 3.05) is 13.2 Å². The predicted molar refractivity (Wildman–Crippen MR) is 123 cm³/mol. The van der Waals surface area contributed by atoms with E-state index in [1.165, 1.54) is 6.07 Å². The van der Waals surface area contributed by atoms with Gasteiger partial charge in [0.2, 0.25) is 15.9 Å². The molecule has 0 aromatic heterocycles. The van der Waals surface area contributed by atoms with E-state index in [0.29, 0.717) is 29.7 Å². The Morgan fingerprint density at radius 3 is 2.42 bits per heavy atom. The van der Waals surface area contributed by atoms with Crippen molar-refractivity contribution in [3.8, 4) is 5.75 Å². The van der Waals surface area contributed by atoms with Gasteiger partial charge in [-0.25, -0.2) is 8.42 Å². The third-order valence-electron chi connectivity index (χ3n) is 4.72. The molecule has 0 bridgehead atoms. The molecule has 10 nitrogen and oxygen atoms in total. The van der Waals surface area contributed by atoms with Gasteiger partial charge >= 0.3 is 5.97 Å². The summed E-state index contributed by atoms with van der Waals surface area (Å²) in [6.45, 7) is 1.65. The zero-order chi connectivity index (χ0) is 24.4. The fraction of sp³-hybridized carbons (Fsp3) is 0.318. The Bertz CT molecular complexity index is 1090. The highest BCUT2D eigenvalue weighted by atomic mass is 32.2. The number of aliphatic carboxylic acids is 1. The molecule has 0 heterocycles. The second kappa shape index (κ2) is 12.0. The van der Waals surface area contributed by atoms with Crippen molar-refractivity contribution < 1.29 is 27.9 Å². The van der Waals surface area contributed by atoms with Crippen molar-refractivity contribution in [1.82, 2.24) is 10.0 Å². The molecule has 178 valence electrons. The average molecular weight is 477 g/mol. The molecule has 6 N–H and O–H groups in total. The topological polar surface area (TPSA) is 172 Å². The minimum atomic E-state index is -4.08. The van der Waals surface area contributed by atoms with E-state index in [9.17, 15) is 23.1 Å². The van der Waals surface area contributed by atoms with Crippen LogP contribution in [0.2, 0.25) is 0 Å². The van der Waals surface area contributed by atoms with Crippen LogP contribution >= 0.6 is 0 Å². The highest BCUT2D eigenvalue weighted by Gasteiger charge is 2.27. The molecule has 1 unspecified atom stereocenters. The fourth-order valence-corrected chi connectivity index (χ4v) is 4.45. The number of amides is 1. The summed E-state index contributed by atoms with van der Waals surface area (Å²) in [7, 11) is -4.08. The van der Waals surface area contributed by atoms with Crippen molar-refractivity contribution >= 4 is 27.7 Å². The highest BCUT2D eigenvalue weighted by molar-refractivity contribution is 7.89. The van der Waals surface area contributed by atoms with Crippen LogP contribution in [0.15, 0.2) is 53.4 Å². The third kappa shape index (κ3) is 7.88. The van der Waals surface area contributed by atoms with Gasteiger partial charge in [0.25, 0.3) is 0 Å². The summed E-state index contributed by atoms with van der Waals surface area (Å²) in [6.07, 6.45) is 0.908. The Morgan fingerprint density at radius 2 is 1.82 bits per heavy atom. The number of carbonyl (C=O) groups excluding carboxylic acids is 1. The summed E-state index contributed by atoms with van der Waals surface area (Å²) in [5.74, 6) is -1.31. The van der Waals surface area contributed by atoms with Gasteiger partial charge in [-0.1, -0.05) is 25.1 Å². The molecule has 2 rings (SSSR count). The normalized spacial score (nSPS) is 12.0. The lowest BCUT2D eigenvalue weighted by Crippen LogP contribution is -2.48. The average Bonchev–Trinajstić information content (AvgIpc) is 2.79. The zero-order valence-corrected chi connectivity index (χ0v) is 19.0. The van der Waals surface area contributed by atoms with Crippen molar-refractivity contribution in [3.63, 3.8) is 0 Å². The van der Waals surface area contributed by atoms with Gasteiger partial charge in [-0.05, 0) is 48.7 Å². The Kier molecular flexibility index (Phi) is 9.37. The van der Waals surface area contributed by atoms with E-state index < -0.39 is 34.5 Å². The van der Waals surface area contributed by atoms with E-state index in [0.717, 1.165) is 0 Å². The minimum Gasteiger partial charge on any atom is -0.494 e. The van der Waals surface area contributed by atoms with Crippen LogP contribution in [0.3, 0.4) is 0 Å². The lowest BCUT2D eigenvalue weighted by molar-refractivity contribution is -0.138. The van der Waals surface area contributed by atoms with Crippen molar-refractivity contribution in [1.29, 1.82) is 5.41 Å². The number of sulfonamides is 1. The Balaban J connectivity index is 1.82. The number of carboxylic acid groups (broad SMARTS) is 1. The largest absolute Gasteiger partial charge is 0.494 e. The summed E-state index contributed by atoms with van der Waals surface area (Å²) >= 11 is 0. The van der Waals surface area contributed by atoms with Crippen molar-refractivity contribution in [3.05, 3.63) is 59.7 Å². The van der Waals surface area contributed by atoms with Crippen LogP contribution in [-0.2, 0) is 26.0 Å². The number of aryl methyl sites for hydroxylation is 1. The van der Waals surface area contributed by atoms with Gasteiger partial charge in [0.1, 0.15) is 17.6 Å². The van der Waals surface area contributed by atoms with Gasteiger partial charge in [-0.3, -0.25) is 15.0 Å². The molecule has 2 aromatic carbocycles. The second-order valence-electron chi connectivity index (χ2n) is 7.17. The molecular weight excluding hydrogens is 448 g/mol. The van der Waals surface area contributed by atoms with E-state index in [1.54, 1.807) is 49.4 Å². The first-order chi connectivity index (χ1) is 15.6. The van der Waals surface area contributed by atoms with Crippen LogP contribution in [0.4, 0.5) is 0 Å². The van der Waals surface area contributed by atoms with Gasteiger partial charge in [0, 0.05) is 18.5 Å². The van der Waals surface area contributed by atoms with Crippen molar-refractivity contribution in [2.45, 2.75) is 37.1 Å². The number of nitrogens with two attached hydrogens (primary N) is 1. The number of carbonyl (C=O) groups is 2. The lowest BCUT2D eigenvalue weighted by atomic mass is 10.2. The molecule has 11 heteroatoms. The van der Waals surface area contributed by atoms with Crippen LogP contribution in [-0.4, -0.2) is 50.4 Å². The Morgan fingerprint density at radius 1 is 1.15 bits per heavy atom. The van der Waals surface area contributed by atoms with Gasteiger partial charge in [-0.2, -0.15) is 4.72 Å². The number of hydrogen-bond acceptors (Lipinski definition) is 6. The maximum Gasteiger partial charge on any atom is 0.323 e. The smallest absolute Gasteiger partial charge is 0.323 e. The number of carboxylic acids is 1. The first-order valence-electron chi connectivity index (χ1n) is 10.3. The lowest BCUT2D eigenvalue weighted by Gasteiger charge is -2.17. The first kappa shape index (κ1) is 25.8. The Labute approximate surface area is 192 Å². The second-order valence-corrected chi connectivity index (χ2v) is 8.85. The van der Waals surface area contributed by atoms with Crippen LogP contribution in [0, 0.1) is 5.41 Å². The number of rotatable bonds is 13. The van der Waals surface area contributed by atoms with Gasteiger partial charge in [0.15, 0.2) is 0 Å². The van der Waals surface area contributed by atoms with E-state index >= 15 is 0 Å². The van der Waals surface area contributed by atoms with E-state index in [2.05, 4.69) is 10.0 Å². The molecule has 1 amide bonds. The number of nitrogen functional groups attached to an aromatic ring is 1. The van der Waals surface area contributed by atoms with Crippen molar-refractivity contribution in [2.24, 2.45) is 5.73 Å². The van der Waals surface area contributed by atoms with Gasteiger partial charge < -0.3 is 20.9 Å². The quantitative estimate of drug-likeness (QED) is 0.164. The highest BCUT2D eigenvalue weighted by Crippen LogP contribution is 2.16. The Hall–Kier alpha value is -3.44. The molecule has 0 fully saturated rings. The van der Waals surface area contributed by atoms with E-state index in [4.69, 9.17) is 15.9 Å². The maximum atomic E-state index is 12.7. The molecular formula is C22H28N4O6S. The monoisotopic (exact) mass is 476 g/mol. The van der Waals surface area contributed by atoms with Crippen LogP contribution in [0.1, 0.15) is 30.9 Å². The number of nitrogens with one attached hydrogen (secondary N) is 3. The minimum absolute atomic E-state index is 0.0126. The van der Waals surface area contributed by atoms with E-state index in [-0.39, 0.29) is 23.8 Å². The van der Waals surface area contributed by atoms with Crippen LogP contribution < -0.4 is 20.5 Å². The van der Waals surface area contributed by atoms with Crippen LogP contribution in [0.25, 0.3) is 0 Å². The van der Waals surface area contributed by atoms with Gasteiger partial charge in [-0.15, -0.1) is 0 Å². The third-order valence-corrected chi connectivity index (χ3v) is 6.30. The van der Waals surface area contributed by atoms with Crippen LogP contribution in [0.5, 0.6) is 5.75 Å². The summed E-state index contributed by atoms with van der Waals surface area (Å²) in [5, 5.41) is 19.2. The fourth-order valence-electron chi connectivity index (χ4n) is 2.95. The SMILES string of the molecule is CCc1ccccc1S(=O)(=O)NC(CNC(=O)CCCOc1ccc(C(=N)N)cc1)C(=O)O. The molecule has 0 spiro atoms. The summed E-state index contributed by atoms with van der Waals surface area (Å²) in [4.78, 5) is 23.6. The van der Waals surface area contributed by atoms with Gasteiger partial charge in [0.05, 0.1) is 11.5 Å². The molecule has 1 atom stereocenters. The molecule has 0 aliphatic carbocycles. The van der Waals surface area contributed by atoms with E-state index in [1.807, 2.05) is 0 Å². The number of ether oxygens (including phenoxy) is 1. The summed E-state index contributed by atoms with van der Waals surface area (Å²) < 4.78 is 33.0. The first-order valence-corrected chi connectivity index (χ1v) is 11.8. The zero-order valence-electron chi connectivity index (χ0n) is 18.2. The molecule has 0 aliphatic heterocycles. The predicted octanol–water partition coefficient (Wildman–Crippen LogP) is 1.24. The molecule has 2 aromatic rings. The molecule has 33 heavy (non-hydrogen) atoms. The molecule has 0 aliphatic rings. The molecule has 0 saturated heterocycles. The molecule has 0 radical (unpaired) electrons. The maximum absolute atomic E-state index is 12.7. The summed E-state index contributed by atoms with van der Waals surface area (Å²) in [6, 6.07) is 11.4.